The molecule has 0 aliphatic carbocycles. The summed E-state index contributed by atoms with van der Waals surface area (Å²) in [4.78, 5) is 14.9. The van der Waals surface area contributed by atoms with Crippen molar-refractivity contribution in [1.82, 2.24) is 20.6 Å². The van der Waals surface area contributed by atoms with Crippen molar-refractivity contribution in [3.8, 4) is 10.6 Å². The molecule has 0 saturated carbocycles. The van der Waals surface area contributed by atoms with E-state index in [1.54, 1.807) is 22.7 Å². The maximum absolute atomic E-state index is 4.76. The number of aliphatic imine (C=N–C) groups is 1. The van der Waals surface area contributed by atoms with E-state index in [0.29, 0.717) is 6.54 Å². The number of hydrogen-bond donors (Lipinski definition) is 2. The average molecular weight is 528 g/mol. The molecule has 3 rings (SSSR count). The maximum Gasteiger partial charge on any atom is 0.191 e. The zero-order chi connectivity index (χ0) is 19.1. The molecule has 0 aliphatic heterocycles. The van der Waals surface area contributed by atoms with Crippen LogP contribution in [0.15, 0.2) is 40.8 Å². The van der Waals surface area contributed by atoms with Gasteiger partial charge in [0, 0.05) is 41.5 Å². The lowest BCUT2D eigenvalue weighted by Crippen LogP contribution is -2.38. The fourth-order valence-corrected chi connectivity index (χ4v) is 4.09. The minimum absolute atomic E-state index is 0. The summed E-state index contributed by atoms with van der Waals surface area (Å²) in [5.41, 5.74) is 3.55. The van der Waals surface area contributed by atoms with Gasteiger partial charge in [-0.25, -0.2) is 15.0 Å². The first-order valence-corrected chi connectivity index (χ1v) is 10.8. The molecule has 0 atom stereocenters. The summed E-state index contributed by atoms with van der Waals surface area (Å²) < 4.78 is 0. The van der Waals surface area contributed by atoms with E-state index in [2.05, 4.69) is 71.0 Å². The molecule has 0 fully saturated rings. The van der Waals surface area contributed by atoms with E-state index in [0.717, 1.165) is 41.2 Å². The molecule has 150 valence electrons. The van der Waals surface area contributed by atoms with Crippen LogP contribution in [0.4, 0.5) is 0 Å². The highest BCUT2D eigenvalue weighted by atomic mass is 127. The summed E-state index contributed by atoms with van der Waals surface area (Å²) >= 11 is 3.38. The Bertz CT molecular complexity index is 886. The Labute approximate surface area is 191 Å². The number of nitrogens with zero attached hydrogens (tertiary/aromatic N) is 3. The Morgan fingerprint density at radius 2 is 1.93 bits per heavy atom. The fourth-order valence-electron chi connectivity index (χ4n) is 2.52. The van der Waals surface area contributed by atoms with Gasteiger partial charge < -0.3 is 10.6 Å². The summed E-state index contributed by atoms with van der Waals surface area (Å²) in [5, 5.41) is 10.9. The molecule has 1 aromatic carbocycles. The van der Waals surface area contributed by atoms with Gasteiger partial charge in [-0.2, -0.15) is 0 Å². The number of benzene rings is 1. The van der Waals surface area contributed by atoms with Crippen molar-refractivity contribution in [2.75, 3.05) is 13.1 Å². The molecular formula is C20H26IN5S2. The molecule has 28 heavy (non-hydrogen) atoms. The predicted molar refractivity (Wildman–Crippen MR) is 131 cm³/mol. The lowest BCUT2D eigenvalue weighted by Gasteiger charge is -2.10. The predicted octanol–water partition coefficient (Wildman–Crippen LogP) is 4.80. The number of thiazole rings is 2. The van der Waals surface area contributed by atoms with E-state index in [-0.39, 0.29) is 24.0 Å². The van der Waals surface area contributed by atoms with E-state index in [1.807, 2.05) is 6.20 Å². The summed E-state index contributed by atoms with van der Waals surface area (Å²) in [5.74, 6) is 0.819. The van der Waals surface area contributed by atoms with E-state index < -0.39 is 0 Å². The van der Waals surface area contributed by atoms with Crippen LogP contribution in [0.25, 0.3) is 10.6 Å². The third-order valence-corrected chi connectivity index (χ3v) is 5.75. The van der Waals surface area contributed by atoms with Gasteiger partial charge in [-0.15, -0.1) is 46.7 Å². The number of aromatic nitrogens is 2. The van der Waals surface area contributed by atoms with Gasteiger partial charge in [0.15, 0.2) is 5.96 Å². The van der Waals surface area contributed by atoms with E-state index >= 15 is 0 Å². The molecule has 3 aromatic rings. The molecule has 5 nitrogen and oxygen atoms in total. The fraction of sp³-hybridized carbons (Fsp3) is 0.350. The lowest BCUT2D eigenvalue weighted by atomic mass is 10.2. The Morgan fingerprint density at radius 1 is 1.14 bits per heavy atom. The summed E-state index contributed by atoms with van der Waals surface area (Å²) in [7, 11) is 0. The summed E-state index contributed by atoms with van der Waals surface area (Å²) in [6.07, 6.45) is 2.76. The molecule has 2 N–H and O–H groups in total. The first kappa shape index (κ1) is 22.8. The highest BCUT2D eigenvalue weighted by molar-refractivity contribution is 14.0. The highest BCUT2D eigenvalue weighted by Crippen LogP contribution is 2.24. The van der Waals surface area contributed by atoms with Gasteiger partial charge in [0.25, 0.3) is 0 Å². The molecule has 8 heteroatoms. The largest absolute Gasteiger partial charge is 0.357 e. The lowest BCUT2D eigenvalue weighted by molar-refractivity contribution is 0.791. The van der Waals surface area contributed by atoms with Gasteiger partial charge in [0.2, 0.25) is 0 Å². The van der Waals surface area contributed by atoms with E-state index in [9.17, 15) is 0 Å². The Kier molecular flexibility index (Phi) is 9.33. The Morgan fingerprint density at radius 3 is 2.61 bits per heavy atom. The van der Waals surface area contributed by atoms with Gasteiger partial charge in [-0.1, -0.05) is 29.8 Å². The molecule has 0 bridgehead atoms. The van der Waals surface area contributed by atoms with E-state index in [1.165, 1.54) is 16.0 Å². The van der Waals surface area contributed by atoms with Crippen LogP contribution in [0.2, 0.25) is 0 Å². The molecular weight excluding hydrogens is 501 g/mol. The molecule has 0 aliphatic rings. The quantitative estimate of drug-likeness (QED) is 0.263. The SMILES string of the molecule is CCNC(=NCc1ncc(C)s1)NCCc1csc(-c2ccc(C)cc2)n1.I. The normalized spacial score (nSPS) is 11.2. The van der Waals surface area contributed by atoms with Gasteiger partial charge in [0.1, 0.15) is 10.0 Å². The topological polar surface area (TPSA) is 62.2 Å². The monoisotopic (exact) mass is 527 g/mol. The van der Waals surface area contributed by atoms with Crippen LogP contribution in [0.3, 0.4) is 0 Å². The van der Waals surface area contributed by atoms with Crippen LogP contribution >= 0.6 is 46.7 Å². The van der Waals surface area contributed by atoms with E-state index in [4.69, 9.17) is 4.98 Å². The number of hydrogen-bond acceptors (Lipinski definition) is 5. The number of halogens is 1. The van der Waals surface area contributed by atoms with Crippen molar-refractivity contribution in [2.45, 2.75) is 33.7 Å². The zero-order valence-corrected chi connectivity index (χ0v) is 20.3. The van der Waals surface area contributed by atoms with Crippen molar-refractivity contribution in [2.24, 2.45) is 4.99 Å². The molecule has 0 radical (unpaired) electrons. The first-order chi connectivity index (χ1) is 13.1. The summed E-state index contributed by atoms with van der Waals surface area (Å²) in [6, 6.07) is 8.51. The number of guanidine groups is 1. The Balaban J connectivity index is 0.00000280. The van der Waals surface area contributed by atoms with Gasteiger partial charge in [0.05, 0.1) is 12.2 Å². The van der Waals surface area contributed by atoms with Crippen molar-refractivity contribution >= 4 is 52.6 Å². The second-order valence-electron chi connectivity index (χ2n) is 6.25. The smallest absolute Gasteiger partial charge is 0.191 e. The van der Waals surface area contributed by atoms with Gasteiger partial charge in [-0.05, 0) is 20.8 Å². The minimum Gasteiger partial charge on any atom is -0.357 e. The second-order valence-corrected chi connectivity index (χ2v) is 8.42. The number of rotatable bonds is 7. The maximum atomic E-state index is 4.76. The highest BCUT2D eigenvalue weighted by Gasteiger charge is 2.06. The van der Waals surface area contributed by atoms with Crippen LogP contribution in [-0.2, 0) is 13.0 Å². The molecule has 2 aromatic heterocycles. The number of nitrogens with one attached hydrogen (secondary N) is 2. The van der Waals surface area contributed by atoms with Crippen molar-refractivity contribution < 1.29 is 0 Å². The van der Waals surface area contributed by atoms with Crippen LogP contribution in [0, 0.1) is 13.8 Å². The third kappa shape index (κ3) is 6.82. The van der Waals surface area contributed by atoms with Gasteiger partial charge >= 0.3 is 0 Å². The van der Waals surface area contributed by atoms with Crippen LogP contribution < -0.4 is 10.6 Å². The van der Waals surface area contributed by atoms with Crippen LogP contribution in [0.5, 0.6) is 0 Å². The second kappa shape index (κ2) is 11.5. The summed E-state index contributed by atoms with van der Waals surface area (Å²) in [6.45, 7) is 8.45. The first-order valence-electron chi connectivity index (χ1n) is 9.09. The zero-order valence-electron chi connectivity index (χ0n) is 16.4. The molecule has 0 unspecified atom stereocenters. The molecule has 0 saturated heterocycles. The molecule has 0 spiro atoms. The van der Waals surface area contributed by atoms with Crippen LogP contribution in [0.1, 0.15) is 28.1 Å². The Hall–Kier alpha value is -1.52. The average Bonchev–Trinajstić information content (AvgIpc) is 3.29. The van der Waals surface area contributed by atoms with Gasteiger partial charge in [-0.3, -0.25) is 0 Å². The van der Waals surface area contributed by atoms with Crippen molar-refractivity contribution in [3.05, 3.63) is 57.0 Å². The standard InChI is InChI=1S/C20H25N5S2.HI/c1-4-21-20(24-12-18-23-11-15(3)27-18)22-10-9-17-13-26-19(25-17)16-7-5-14(2)6-8-16;/h5-8,11,13H,4,9-10,12H2,1-3H3,(H2,21,22,24);1H. The molecule has 2 heterocycles. The van der Waals surface area contributed by atoms with Crippen LogP contribution in [-0.4, -0.2) is 29.0 Å². The van der Waals surface area contributed by atoms with Crippen molar-refractivity contribution in [1.29, 1.82) is 0 Å². The van der Waals surface area contributed by atoms with Crippen molar-refractivity contribution in [3.63, 3.8) is 0 Å². The number of aryl methyl sites for hydroxylation is 2. The third-order valence-electron chi connectivity index (χ3n) is 3.91. The molecule has 0 amide bonds. The minimum atomic E-state index is 0.